The highest BCUT2D eigenvalue weighted by Crippen LogP contribution is 2.60. The van der Waals surface area contributed by atoms with Crippen LogP contribution >= 0.6 is 15.6 Å². The largest absolute Gasteiger partial charge is 0.481 e. The number of nitrogens with two attached hydrogens (primary N) is 1. The molecule has 51 heavy (non-hydrogen) atoms. The van der Waals surface area contributed by atoms with Gasteiger partial charge in [0.05, 0.1) is 25.5 Å². The van der Waals surface area contributed by atoms with Crippen molar-refractivity contribution in [2.45, 2.75) is 49.1 Å². The number of carbonyl (C=O) groups is 2. The van der Waals surface area contributed by atoms with Gasteiger partial charge in [-0.15, -0.1) is 0 Å². The Hall–Kier alpha value is -3.86. The molecule has 3 aromatic heterocycles. The van der Waals surface area contributed by atoms with E-state index in [0.717, 1.165) is 6.33 Å². The van der Waals surface area contributed by atoms with E-state index in [4.69, 9.17) is 24.3 Å². The SMILES string of the molecule is NC(=O)c1ccc[n+]([C@@H]2O[C@H](COP(=O)(O)OP(=O)(O)OC[C@H]3O[C@@H](n4cnc5c(NC(=O)C6C=CC=C6)ncnc54)[C@H](O)[C@@H]3O)[C@@H](O)[C@H]2O)c1. The summed E-state index contributed by atoms with van der Waals surface area (Å²) in [5.41, 5.74) is 5.55. The zero-order valence-corrected chi connectivity index (χ0v) is 27.7. The summed E-state index contributed by atoms with van der Waals surface area (Å²) in [7, 11) is -10.8. The zero-order valence-electron chi connectivity index (χ0n) is 25.9. The van der Waals surface area contributed by atoms with E-state index in [-0.39, 0.29) is 28.5 Å². The van der Waals surface area contributed by atoms with Crippen LogP contribution < -0.4 is 15.6 Å². The van der Waals surface area contributed by atoms with Gasteiger partial charge in [-0.25, -0.2) is 24.1 Å². The third-order valence-electron chi connectivity index (χ3n) is 8.01. The Morgan fingerprint density at radius 2 is 1.59 bits per heavy atom. The Kier molecular flexibility index (Phi) is 10.6. The maximum Gasteiger partial charge on any atom is 0.481 e. The molecule has 2 amide bonds. The number of rotatable bonds is 13. The Labute approximate surface area is 286 Å². The molecule has 0 saturated carbocycles. The summed E-state index contributed by atoms with van der Waals surface area (Å²) in [6, 6.07) is 2.83. The van der Waals surface area contributed by atoms with E-state index in [2.05, 4.69) is 24.6 Å². The van der Waals surface area contributed by atoms with Gasteiger partial charge in [0, 0.05) is 6.07 Å². The van der Waals surface area contributed by atoms with Gasteiger partial charge in [-0.2, -0.15) is 8.88 Å². The number of amides is 2. The molecular weight excluding hydrogens is 724 g/mol. The van der Waals surface area contributed by atoms with Crippen molar-refractivity contribution in [1.29, 1.82) is 0 Å². The molecule has 0 spiro atoms. The highest BCUT2D eigenvalue weighted by atomic mass is 31.3. The number of imidazole rings is 1. The first-order valence-electron chi connectivity index (χ1n) is 15.0. The molecule has 6 rings (SSSR count). The van der Waals surface area contributed by atoms with Gasteiger partial charge in [0.2, 0.25) is 5.91 Å². The Balaban J connectivity index is 1.04. The number of primary amides is 1. The molecule has 0 bridgehead atoms. The number of aliphatic hydroxyl groups is 4. The summed E-state index contributed by atoms with van der Waals surface area (Å²) in [5, 5.41) is 44.8. The molecule has 22 nitrogen and oxygen atoms in total. The summed E-state index contributed by atoms with van der Waals surface area (Å²) in [5.74, 6) is -1.60. The van der Waals surface area contributed by atoms with Crippen LogP contribution in [0.2, 0.25) is 0 Å². The minimum atomic E-state index is -5.43. The lowest BCUT2D eigenvalue weighted by molar-refractivity contribution is -0.765. The van der Waals surface area contributed by atoms with E-state index in [9.17, 15) is 48.9 Å². The van der Waals surface area contributed by atoms with E-state index >= 15 is 0 Å². The number of ether oxygens (including phenoxy) is 2. The van der Waals surface area contributed by atoms with Crippen LogP contribution in [0.1, 0.15) is 22.8 Å². The van der Waals surface area contributed by atoms with Gasteiger partial charge in [0.1, 0.15) is 42.4 Å². The third kappa shape index (κ3) is 7.98. The number of pyridine rings is 1. The Morgan fingerprint density at radius 1 is 0.941 bits per heavy atom. The number of nitrogens with zero attached hydrogens (tertiary/aromatic N) is 5. The summed E-state index contributed by atoms with van der Waals surface area (Å²) in [4.78, 5) is 56.6. The number of fused-ring (bicyclic) bond motifs is 1. The lowest BCUT2D eigenvalue weighted by atomic mass is 10.1. The first-order chi connectivity index (χ1) is 24.1. The number of aliphatic hydroxyl groups excluding tert-OH is 4. The van der Waals surface area contributed by atoms with Crippen LogP contribution in [0.5, 0.6) is 0 Å². The summed E-state index contributed by atoms with van der Waals surface area (Å²) in [6.45, 7) is -1.85. The third-order valence-corrected chi connectivity index (χ3v) is 10.6. The normalized spacial score (nSPS) is 30.1. The van der Waals surface area contributed by atoms with Gasteiger partial charge in [-0.3, -0.25) is 23.2 Å². The number of allylic oxidation sites excluding steroid dienone is 2. The number of phosphoric ester groups is 2. The quantitative estimate of drug-likeness (QED) is 0.0696. The molecule has 274 valence electrons. The molecule has 0 radical (unpaired) electrons. The van der Waals surface area contributed by atoms with Crippen LogP contribution in [-0.4, -0.2) is 111 Å². The minimum Gasteiger partial charge on any atom is -0.387 e. The fraction of sp³-hybridized carbons (Fsp3) is 0.407. The minimum absolute atomic E-state index is 0.0611. The molecule has 2 fully saturated rings. The van der Waals surface area contributed by atoms with Crippen LogP contribution in [0.3, 0.4) is 0 Å². The maximum atomic E-state index is 12.6. The summed E-state index contributed by atoms with van der Waals surface area (Å²) < 4.78 is 52.5. The van der Waals surface area contributed by atoms with Gasteiger partial charge in [0.15, 0.2) is 41.7 Å². The van der Waals surface area contributed by atoms with Crippen LogP contribution in [-0.2, 0) is 36.8 Å². The molecule has 24 heteroatoms. The second-order valence-electron chi connectivity index (χ2n) is 11.4. The van der Waals surface area contributed by atoms with Crippen LogP contribution in [0, 0.1) is 5.92 Å². The maximum absolute atomic E-state index is 12.6. The molecule has 0 aromatic carbocycles. The molecule has 3 aliphatic rings. The summed E-state index contributed by atoms with van der Waals surface area (Å²) >= 11 is 0. The van der Waals surface area contributed by atoms with E-state index < -0.39 is 89.8 Å². The van der Waals surface area contributed by atoms with Crippen molar-refractivity contribution in [3.63, 3.8) is 0 Å². The molecule has 5 heterocycles. The number of hydrogen-bond donors (Lipinski definition) is 8. The number of anilines is 1. The highest BCUT2D eigenvalue weighted by molar-refractivity contribution is 7.61. The molecule has 1 aliphatic carbocycles. The van der Waals surface area contributed by atoms with E-state index in [0.29, 0.717) is 0 Å². The van der Waals surface area contributed by atoms with Crippen molar-refractivity contribution < 1.29 is 76.3 Å². The lowest BCUT2D eigenvalue weighted by Gasteiger charge is -2.20. The second kappa shape index (κ2) is 14.6. The monoisotopic (exact) mass is 756 g/mol. The first-order valence-corrected chi connectivity index (χ1v) is 18.0. The van der Waals surface area contributed by atoms with Crippen molar-refractivity contribution in [3.8, 4) is 0 Å². The number of hydrogen-bond acceptors (Lipinski definition) is 16. The van der Waals surface area contributed by atoms with Crippen molar-refractivity contribution in [2.24, 2.45) is 11.7 Å². The number of carbonyl (C=O) groups excluding carboxylic acids is 2. The molecular formula is C27H32N7O15P2+. The standard InChI is InChI=1S/C27H31N7O15P2/c28-22(39)14-6-3-7-33(8-14)26-20(37)18(35)15(47-26)9-45-50(41,42)49-51(43,44)46-10-16-19(36)21(38)27(48-16)34-12-31-17-23(29-11-30-24(17)34)32-25(40)13-4-1-2-5-13/h1-8,11-13,15-16,18-21,26-27,35-38H,9-10H2,(H4-,28,29,30,32,39,40,41,42,43,44)/p+1/t15-,16-,18-,19-,20-,21-,26-,27-/m1/s1. The lowest BCUT2D eigenvalue weighted by Crippen LogP contribution is -2.46. The van der Waals surface area contributed by atoms with E-state index in [1.165, 1.54) is 40.0 Å². The van der Waals surface area contributed by atoms with E-state index in [1.54, 1.807) is 24.3 Å². The van der Waals surface area contributed by atoms with Crippen molar-refractivity contribution in [3.05, 3.63) is 67.0 Å². The highest BCUT2D eigenvalue weighted by Gasteiger charge is 2.50. The predicted molar refractivity (Wildman–Crippen MR) is 165 cm³/mol. The van der Waals surface area contributed by atoms with E-state index in [1.807, 2.05) is 0 Å². The Bertz CT molecular complexity index is 1950. The van der Waals surface area contributed by atoms with Crippen LogP contribution in [0.4, 0.5) is 5.82 Å². The van der Waals surface area contributed by atoms with Gasteiger partial charge in [-0.05, 0) is 6.07 Å². The second-order valence-corrected chi connectivity index (χ2v) is 14.5. The predicted octanol–water partition coefficient (Wildman–Crippen LogP) is -1.92. The molecule has 2 unspecified atom stereocenters. The molecule has 2 saturated heterocycles. The summed E-state index contributed by atoms with van der Waals surface area (Å²) in [6.07, 6.45) is -0.442. The molecule has 9 N–H and O–H groups in total. The fourth-order valence-electron chi connectivity index (χ4n) is 5.46. The average Bonchev–Trinajstić information content (AvgIpc) is 3.88. The van der Waals surface area contributed by atoms with Gasteiger partial charge in [0.25, 0.3) is 12.1 Å². The average molecular weight is 757 g/mol. The van der Waals surface area contributed by atoms with Crippen LogP contribution in [0.15, 0.2) is 61.5 Å². The van der Waals surface area contributed by atoms with Gasteiger partial charge in [-0.1, -0.05) is 24.3 Å². The topological polar surface area (TPSA) is 321 Å². The zero-order chi connectivity index (χ0) is 36.7. The number of nitrogens with one attached hydrogen (secondary N) is 1. The molecule has 2 aliphatic heterocycles. The fourth-order valence-corrected chi connectivity index (χ4v) is 7.55. The van der Waals surface area contributed by atoms with Gasteiger partial charge < -0.3 is 50.7 Å². The van der Waals surface area contributed by atoms with Gasteiger partial charge >= 0.3 is 15.6 Å². The number of aromatic nitrogens is 5. The smallest absolute Gasteiger partial charge is 0.387 e. The number of phosphoric acid groups is 2. The van der Waals surface area contributed by atoms with Crippen LogP contribution in [0.25, 0.3) is 11.2 Å². The van der Waals surface area contributed by atoms with Crippen molar-refractivity contribution >= 4 is 44.4 Å². The first kappa shape index (κ1) is 36.9. The Morgan fingerprint density at radius 3 is 2.25 bits per heavy atom. The molecule has 3 aromatic rings. The van der Waals surface area contributed by atoms with Crippen molar-refractivity contribution in [2.75, 3.05) is 18.5 Å². The molecule has 10 atom stereocenters. The van der Waals surface area contributed by atoms with Crippen molar-refractivity contribution in [1.82, 2.24) is 19.5 Å².